The van der Waals surface area contributed by atoms with Gasteiger partial charge in [-0.2, -0.15) is 0 Å². The Morgan fingerprint density at radius 1 is 1.22 bits per heavy atom. The van der Waals surface area contributed by atoms with Crippen LogP contribution in [0, 0.1) is 5.92 Å². The highest BCUT2D eigenvalue weighted by Gasteiger charge is 2.27. The van der Waals surface area contributed by atoms with E-state index < -0.39 is 0 Å². The first-order chi connectivity index (χ1) is 8.83. The predicted octanol–water partition coefficient (Wildman–Crippen LogP) is 3.70. The molecular weight excluding hydrogens is 224 g/mol. The third-order valence-electron chi connectivity index (χ3n) is 4.28. The minimum atomic E-state index is 0.464. The summed E-state index contributed by atoms with van der Waals surface area (Å²) in [5.74, 6) is 2.70. The normalized spacial score (nSPS) is 27.4. The maximum Gasteiger partial charge on any atom is 0.133 e. The third-order valence-corrected chi connectivity index (χ3v) is 4.28. The summed E-state index contributed by atoms with van der Waals surface area (Å²) in [7, 11) is 0. The Kier molecular flexibility index (Phi) is 3.35. The molecule has 96 valence electrons. The van der Waals surface area contributed by atoms with Crippen LogP contribution in [0.5, 0.6) is 5.75 Å². The van der Waals surface area contributed by atoms with Crippen LogP contribution < -0.4 is 4.74 Å². The molecule has 1 fully saturated rings. The van der Waals surface area contributed by atoms with Gasteiger partial charge in [0, 0.05) is 12.8 Å². The average molecular weight is 244 g/mol. The molecule has 0 radical (unpaired) electrons. The van der Waals surface area contributed by atoms with Crippen LogP contribution in [0.3, 0.4) is 0 Å². The van der Waals surface area contributed by atoms with Crippen molar-refractivity contribution in [1.29, 1.82) is 0 Å². The Bertz CT molecular complexity index is 438. The lowest BCUT2D eigenvalue weighted by Crippen LogP contribution is -2.21. The number of fused-ring (bicyclic) bond motifs is 1. The van der Waals surface area contributed by atoms with Crippen molar-refractivity contribution in [3.63, 3.8) is 0 Å². The van der Waals surface area contributed by atoms with Gasteiger partial charge >= 0.3 is 0 Å². The minimum Gasteiger partial charge on any atom is -0.493 e. The molecule has 0 spiro atoms. The van der Waals surface area contributed by atoms with Gasteiger partial charge in [0.1, 0.15) is 11.5 Å². The summed E-state index contributed by atoms with van der Waals surface area (Å²) in [6.07, 6.45) is 6.19. The van der Waals surface area contributed by atoms with Crippen LogP contribution in [0.4, 0.5) is 0 Å². The number of para-hydroxylation sites is 1. The fourth-order valence-corrected chi connectivity index (χ4v) is 3.38. The molecule has 18 heavy (non-hydrogen) atoms. The van der Waals surface area contributed by atoms with E-state index in [0.717, 1.165) is 44.5 Å². The predicted molar refractivity (Wildman–Crippen MR) is 70.9 cm³/mol. The number of hydrogen-bond acceptors (Lipinski definition) is 2. The summed E-state index contributed by atoms with van der Waals surface area (Å²) in [6, 6.07) is 8.37. The summed E-state index contributed by atoms with van der Waals surface area (Å²) >= 11 is 0. The average Bonchev–Trinajstić information content (AvgIpc) is 2.39. The monoisotopic (exact) mass is 244 g/mol. The third kappa shape index (κ3) is 2.43. The van der Waals surface area contributed by atoms with Crippen LogP contribution in [0.25, 0.3) is 0 Å². The number of carbonyl (C=O) groups excluding carboxylic acids is 1. The molecule has 1 aliphatic heterocycles. The first-order valence-corrected chi connectivity index (χ1v) is 7.06. The van der Waals surface area contributed by atoms with E-state index >= 15 is 0 Å². The Morgan fingerprint density at radius 3 is 3.00 bits per heavy atom. The standard InChI is InChI=1S/C16H20O2/c17-14-5-3-4-12(11-14)10-13-8-9-18-16-7-2-1-6-15(13)16/h1-2,6-7,12-13H,3-5,8-11H2. The van der Waals surface area contributed by atoms with Crippen molar-refractivity contribution in [2.24, 2.45) is 5.92 Å². The van der Waals surface area contributed by atoms with E-state index in [2.05, 4.69) is 18.2 Å². The lowest BCUT2D eigenvalue weighted by Gasteiger charge is -2.30. The number of ketones is 1. The van der Waals surface area contributed by atoms with Crippen LogP contribution in [0.1, 0.15) is 50.0 Å². The summed E-state index contributed by atoms with van der Waals surface area (Å²) < 4.78 is 5.70. The van der Waals surface area contributed by atoms with E-state index in [4.69, 9.17) is 4.74 Å². The zero-order valence-electron chi connectivity index (χ0n) is 10.7. The molecule has 2 atom stereocenters. The maximum atomic E-state index is 11.5. The van der Waals surface area contributed by atoms with Gasteiger partial charge in [-0.1, -0.05) is 18.2 Å². The maximum absolute atomic E-state index is 11.5. The zero-order chi connectivity index (χ0) is 12.4. The van der Waals surface area contributed by atoms with Gasteiger partial charge in [0.15, 0.2) is 0 Å². The molecule has 2 nitrogen and oxygen atoms in total. The quantitative estimate of drug-likeness (QED) is 0.793. The van der Waals surface area contributed by atoms with Crippen LogP contribution >= 0.6 is 0 Å². The molecule has 0 bridgehead atoms. The van der Waals surface area contributed by atoms with E-state index in [1.54, 1.807) is 0 Å². The first-order valence-electron chi connectivity index (χ1n) is 7.06. The number of Topliss-reactive ketones (excluding diaryl/α,β-unsaturated/α-hetero) is 1. The van der Waals surface area contributed by atoms with Gasteiger partial charge in [-0.3, -0.25) is 4.79 Å². The molecule has 1 heterocycles. The van der Waals surface area contributed by atoms with E-state index in [1.807, 2.05) is 6.07 Å². The van der Waals surface area contributed by atoms with Crippen LogP contribution in [-0.4, -0.2) is 12.4 Å². The highest BCUT2D eigenvalue weighted by atomic mass is 16.5. The summed E-state index contributed by atoms with van der Waals surface area (Å²) in [5.41, 5.74) is 1.35. The SMILES string of the molecule is O=C1CCCC(CC2CCOc3ccccc32)C1. The molecular formula is C16H20O2. The zero-order valence-corrected chi connectivity index (χ0v) is 10.7. The van der Waals surface area contributed by atoms with Crippen molar-refractivity contribution in [3.05, 3.63) is 29.8 Å². The second-order valence-electron chi connectivity index (χ2n) is 5.61. The van der Waals surface area contributed by atoms with Crippen LogP contribution in [-0.2, 0) is 4.79 Å². The van der Waals surface area contributed by atoms with Crippen molar-refractivity contribution in [2.75, 3.05) is 6.61 Å². The summed E-state index contributed by atoms with van der Waals surface area (Å²) in [5, 5.41) is 0. The van der Waals surface area contributed by atoms with Gasteiger partial charge in [0.2, 0.25) is 0 Å². The van der Waals surface area contributed by atoms with Gasteiger partial charge in [-0.15, -0.1) is 0 Å². The largest absolute Gasteiger partial charge is 0.493 e. The molecule has 1 aliphatic carbocycles. The Morgan fingerprint density at radius 2 is 2.11 bits per heavy atom. The van der Waals surface area contributed by atoms with E-state index in [0.29, 0.717) is 17.6 Å². The summed E-state index contributed by atoms with van der Waals surface area (Å²) in [4.78, 5) is 11.5. The van der Waals surface area contributed by atoms with Gasteiger partial charge < -0.3 is 4.74 Å². The number of ether oxygens (including phenoxy) is 1. The van der Waals surface area contributed by atoms with E-state index in [-0.39, 0.29) is 0 Å². The molecule has 0 amide bonds. The smallest absolute Gasteiger partial charge is 0.133 e. The molecule has 2 aliphatic rings. The van der Waals surface area contributed by atoms with Crippen LogP contribution in [0.2, 0.25) is 0 Å². The molecule has 0 saturated heterocycles. The Hall–Kier alpha value is -1.31. The number of hydrogen-bond donors (Lipinski definition) is 0. The molecule has 3 rings (SSSR count). The van der Waals surface area contributed by atoms with Crippen molar-refractivity contribution < 1.29 is 9.53 Å². The molecule has 0 N–H and O–H groups in total. The molecule has 2 heteroatoms. The van der Waals surface area contributed by atoms with Crippen molar-refractivity contribution in [2.45, 2.75) is 44.4 Å². The fourth-order valence-electron chi connectivity index (χ4n) is 3.38. The number of rotatable bonds is 2. The molecule has 2 unspecified atom stereocenters. The number of benzene rings is 1. The van der Waals surface area contributed by atoms with Crippen molar-refractivity contribution in [3.8, 4) is 5.75 Å². The molecule has 0 aromatic heterocycles. The van der Waals surface area contributed by atoms with Gasteiger partial charge in [-0.25, -0.2) is 0 Å². The number of carbonyl (C=O) groups is 1. The second kappa shape index (κ2) is 5.13. The van der Waals surface area contributed by atoms with Crippen LogP contribution in [0.15, 0.2) is 24.3 Å². The van der Waals surface area contributed by atoms with Gasteiger partial charge in [-0.05, 0) is 49.1 Å². The molecule has 1 aromatic carbocycles. The van der Waals surface area contributed by atoms with Crippen molar-refractivity contribution >= 4 is 5.78 Å². The summed E-state index contributed by atoms with van der Waals surface area (Å²) in [6.45, 7) is 0.822. The molecule has 1 saturated carbocycles. The Balaban J connectivity index is 1.72. The highest BCUT2D eigenvalue weighted by molar-refractivity contribution is 5.79. The fraction of sp³-hybridized carbons (Fsp3) is 0.562. The topological polar surface area (TPSA) is 26.3 Å². The highest BCUT2D eigenvalue weighted by Crippen LogP contribution is 2.39. The van der Waals surface area contributed by atoms with Gasteiger partial charge in [0.05, 0.1) is 6.61 Å². The van der Waals surface area contributed by atoms with Crippen molar-refractivity contribution in [1.82, 2.24) is 0 Å². The molecule has 1 aromatic rings. The lowest BCUT2D eigenvalue weighted by atomic mass is 9.78. The van der Waals surface area contributed by atoms with E-state index in [9.17, 15) is 4.79 Å². The Labute approximate surface area is 108 Å². The minimum absolute atomic E-state index is 0.464. The first kappa shape index (κ1) is 11.8. The second-order valence-corrected chi connectivity index (χ2v) is 5.61. The van der Waals surface area contributed by atoms with E-state index in [1.165, 1.54) is 12.0 Å². The lowest BCUT2D eigenvalue weighted by molar-refractivity contribution is -0.121. The van der Waals surface area contributed by atoms with Gasteiger partial charge in [0.25, 0.3) is 0 Å².